The molecule has 0 unspecified atom stereocenters. The van der Waals surface area contributed by atoms with E-state index in [9.17, 15) is 4.79 Å². The number of para-hydroxylation sites is 1. The van der Waals surface area contributed by atoms with Gasteiger partial charge in [-0.2, -0.15) is 0 Å². The van der Waals surface area contributed by atoms with Crippen molar-refractivity contribution < 1.29 is 9.53 Å². The van der Waals surface area contributed by atoms with E-state index < -0.39 is 0 Å². The summed E-state index contributed by atoms with van der Waals surface area (Å²) in [6.45, 7) is 0. The van der Waals surface area contributed by atoms with Crippen LogP contribution in [0.4, 0.5) is 10.5 Å². The number of nitrogens with one attached hydrogen (secondary N) is 2. The van der Waals surface area contributed by atoms with Gasteiger partial charge in [0.2, 0.25) is 0 Å². The van der Waals surface area contributed by atoms with E-state index in [0.717, 1.165) is 24.2 Å². The lowest BCUT2D eigenvalue weighted by Crippen LogP contribution is -2.38. The van der Waals surface area contributed by atoms with Crippen LogP contribution in [0.25, 0.3) is 0 Å². The lowest BCUT2D eigenvalue weighted by molar-refractivity contribution is 0.247. The van der Waals surface area contributed by atoms with Crippen LogP contribution in [0.2, 0.25) is 10.0 Å². The van der Waals surface area contributed by atoms with E-state index in [-0.39, 0.29) is 11.6 Å². The molecule has 0 aliphatic heterocycles. The smallest absolute Gasteiger partial charge is 0.320 e. The minimum atomic E-state index is -0.329. The first-order valence-electron chi connectivity index (χ1n) is 7.22. The summed E-state index contributed by atoms with van der Waals surface area (Å²) in [5.74, 6) is 0.789. The van der Waals surface area contributed by atoms with E-state index >= 15 is 0 Å². The predicted octanol–water partition coefficient (Wildman–Crippen LogP) is 4.81. The summed E-state index contributed by atoms with van der Waals surface area (Å²) in [5.41, 5.74) is 1.14. The summed E-state index contributed by atoms with van der Waals surface area (Å²) >= 11 is 12.1. The van der Waals surface area contributed by atoms with E-state index in [1.54, 1.807) is 25.3 Å². The molecule has 1 saturated carbocycles. The second-order valence-corrected chi connectivity index (χ2v) is 6.30. The lowest BCUT2D eigenvalue weighted by atomic mass is 10.1. The number of hydrogen-bond acceptors (Lipinski definition) is 2. The molecule has 120 valence electrons. The van der Waals surface area contributed by atoms with Gasteiger partial charge in [0, 0.05) is 0 Å². The van der Waals surface area contributed by atoms with Crippen molar-refractivity contribution in [1.29, 1.82) is 0 Å². The fraction of sp³-hybridized carbons (Fsp3) is 0.235. The van der Waals surface area contributed by atoms with E-state index in [4.69, 9.17) is 27.9 Å². The second kappa shape index (κ2) is 6.30. The molecule has 0 spiro atoms. The molecule has 2 amide bonds. The minimum Gasteiger partial charge on any atom is -0.497 e. The van der Waals surface area contributed by atoms with Crippen LogP contribution < -0.4 is 15.4 Å². The molecule has 0 radical (unpaired) electrons. The Morgan fingerprint density at radius 1 is 1.09 bits per heavy atom. The molecule has 1 aliphatic carbocycles. The largest absolute Gasteiger partial charge is 0.497 e. The molecule has 0 atom stereocenters. The number of hydrogen-bond donors (Lipinski definition) is 2. The van der Waals surface area contributed by atoms with Gasteiger partial charge in [-0.25, -0.2) is 4.79 Å². The molecule has 4 nitrogen and oxygen atoms in total. The molecule has 3 rings (SSSR count). The number of urea groups is 1. The van der Waals surface area contributed by atoms with Crippen LogP contribution in [0.5, 0.6) is 5.75 Å². The zero-order valence-electron chi connectivity index (χ0n) is 12.5. The molecular formula is C17H16Cl2N2O2. The highest BCUT2D eigenvalue weighted by atomic mass is 35.5. The molecule has 1 fully saturated rings. The first-order valence-corrected chi connectivity index (χ1v) is 7.97. The SMILES string of the molecule is COc1ccc(C2(NC(=O)Nc3c(Cl)cccc3Cl)CC2)cc1. The standard InChI is InChI=1S/C17H16Cl2N2O2/c1-23-12-7-5-11(6-8-12)17(9-10-17)21-16(22)20-15-13(18)3-2-4-14(15)19/h2-8H,9-10H2,1H3,(H2,20,21,22). The molecule has 2 N–H and O–H groups in total. The summed E-state index contributed by atoms with van der Waals surface area (Å²) in [7, 11) is 1.63. The van der Waals surface area contributed by atoms with Crippen molar-refractivity contribution in [2.75, 3.05) is 12.4 Å². The van der Waals surface area contributed by atoms with Gasteiger partial charge in [-0.1, -0.05) is 41.4 Å². The molecule has 0 aromatic heterocycles. The highest BCUT2D eigenvalue weighted by Gasteiger charge is 2.45. The van der Waals surface area contributed by atoms with Crippen LogP contribution in [-0.2, 0) is 5.54 Å². The van der Waals surface area contributed by atoms with Crippen LogP contribution in [-0.4, -0.2) is 13.1 Å². The van der Waals surface area contributed by atoms with Crippen molar-refractivity contribution in [3.8, 4) is 5.75 Å². The number of rotatable bonds is 4. The first kappa shape index (κ1) is 16.0. The topological polar surface area (TPSA) is 50.4 Å². The average Bonchev–Trinajstić information content (AvgIpc) is 3.32. The van der Waals surface area contributed by atoms with Crippen LogP contribution in [0.1, 0.15) is 18.4 Å². The monoisotopic (exact) mass is 350 g/mol. The van der Waals surface area contributed by atoms with Gasteiger partial charge in [0.15, 0.2) is 0 Å². The number of benzene rings is 2. The maximum atomic E-state index is 12.3. The van der Waals surface area contributed by atoms with Gasteiger partial charge in [0.05, 0.1) is 28.4 Å². The van der Waals surface area contributed by atoms with Crippen LogP contribution >= 0.6 is 23.2 Å². The quantitative estimate of drug-likeness (QED) is 0.830. The zero-order valence-corrected chi connectivity index (χ0v) is 14.0. The number of halogens is 2. The second-order valence-electron chi connectivity index (χ2n) is 5.49. The van der Waals surface area contributed by atoms with Crippen molar-refractivity contribution in [3.05, 3.63) is 58.1 Å². The molecule has 0 heterocycles. The number of carbonyl (C=O) groups excluding carboxylic acids is 1. The summed E-state index contributed by atoms with van der Waals surface area (Å²) in [6, 6.07) is 12.5. The minimum absolute atomic E-state index is 0.326. The Bertz CT molecular complexity index is 708. The normalized spacial score (nSPS) is 14.9. The van der Waals surface area contributed by atoms with E-state index in [1.165, 1.54) is 0 Å². The van der Waals surface area contributed by atoms with Gasteiger partial charge in [0.25, 0.3) is 0 Å². The van der Waals surface area contributed by atoms with Crippen LogP contribution in [0.15, 0.2) is 42.5 Å². The fourth-order valence-corrected chi connectivity index (χ4v) is 2.99. The van der Waals surface area contributed by atoms with E-state index in [0.29, 0.717) is 15.7 Å². The van der Waals surface area contributed by atoms with Crippen molar-refractivity contribution in [2.45, 2.75) is 18.4 Å². The Morgan fingerprint density at radius 3 is 2.22 bits per heavy atom. The van der Waals surface area contributed by atoms with E-state index in [1.807, 2.05) is 24.3 Å². The third-order valence-electron chi connectivity index (χ3n) is 3.95. The molecule has 2 aromatic rings. The molecule has 23 heavy (non-hydrogen) atoms. The maximum Gasteiger partial charge on any atom is 0.320 e. The highest BCUT2D eigenvalue weighted by Crippen LogP contribution is 2.46. The molecule has 0 saturated heterocycles. The maximum absolute atomic E-state index is 12.3. The van der Waals surface area contributed by atoms with Gasteiger partial charge in [-0.05, 0) is 42.7 Å². The molecule has 6 heteroatoms. The lowest BCUT2D eigenvalue weighted by Gasteiger charge is -2.19. The third kappa shape index (κ3) is 3.38. The molecule has 2 aromatic carbocycles. The molecular weight excluding hydrogens is 335 g/mol. The van der Waals surface area contributed by atoms with Gasteiger partial charge < -0.3 is 15.4 Å². The van der Waals surface area contributed by atoms with Crippen molar-refractivity contribution >= 4 is 34.9 Å². The summed E-state index contributed by atoms with van der Waals surface area (Å²) in [5, 5.41) is 6.55. The van der Waals surface area contributed by atoms with Crippen LogP contribution in [0.3, 0.4) is 0 Å². The first-order chi connectivity index (χ1) is 11.0. The van der Waals surface area contributed by atoms with E-state index in [2.05, 4.69) is 10.6 Å². The van der Waals surface area contributed by atoms with Crippen molar-refractivity contribution in [1.82, 2.24) is 5.32 Å². The Balaban J connectivity index is 1.72. The van der Waals surface area contributed by atoms with Gasteiger partial charge >= 0.3 is 6.03 Å². The van der Waals surface area contributed by atoms with Crippen molar-refractivity contribution in [2.24, 2.45) is 0 Å². The molecule has 0 bridgehead atoms. The number of ether oxygens (including phenoxy) is 1. The number of amides is 2. The predicted molar refractivity (Wildman–Crippen MR) is 92.5 cm³/mol. The Kier molecular flexibility index (Phi) is 4.37. The summed E-state index contributed by atoms with van der Waals surface area (Å²) in [4.78, 5) is 12.3. The number of methoxy groups -OCH3 is 1. The third-order valence-corrected chi connectivity index (χ3v) is 4.58. The van der Waals surface area contributed by atoms with Crippen LogP contribution in [0, 0.1) is 0 Å². The van der Waals surface area contributed by atoms with Gasteiger partial charge in [-0.3, -0.25) is 0 Å². The summed E-state index contributed by atoms with van der Waals surface area (Å²) in [6.07, 6.45) is 1.78. The molecule has 1 aliphatic rings. The average molecular weight is 351 g/mol. The Labute approximate surface area is 144 Å². The van der Waals surface area contributed by atoms with Crippen molar-refractivity contribution in [3.63, 3.8) is 0 Å². The summed E-state index contributed by atoms with van der Waals surface area (Å²) < 4.78 is 5.16. The number of anilines is 1. The number of carbonyl (C=O) groups is 1. The Hall–Kier alpha value is -1.91. The fourth-order valence-electron chi connectivity index (χ4n) is 2.50. The Morgan fingerprint density at radius 2 is 1.70 bits per heavy atom. The highest BCUT2D eigenvalue weighted by molar-refractivity contribution is 6.39. The zero-order chi connectivity index (χ0) is 16.4. The van der Waals surface area contributed by atoms with Gasteiger partial charge in [0.1, 0.15) is 5.75 Å². The van der Waals surface area contributed by atoms with Gasteiger partial charge in [-0.15, -0.1) is 0 Å².